The van der Waals surface area contributed by atoms with Crippen LogP contribution in [-0.2, 0) is 76.3 Å². The summed E-state index contributed by atoms with van der Waals surface area (Å²) in [5, 5.41) is 18.9. The lowest BCUT2D eigenvalue weighted by molar-refractivity contribution is -0.437. The van der Waals surface area contributed by atoms with Crippen molar-refractivity contribution >= 4 is 107 Å². The zero-order valence-electron chi connectivity index (χ0n) is 45.5. The number of unbranched alkanes of at least 4 members (excludes halogenated alkanes) is 2. The van der Waals surface area contributed by atoms with Crippen LogP contribution in [0, 0.1) is 0 Å². The van der Waals surface area contributed by atoms with Gasteiger partial charge in [-0.2, -0.15) is 55.1 Å². The molecule has 4 rings (SSSR count). The molecule has 2 unspecified atom stereocenters. The minimum atomic E-state index is -4.65. The van der Waals surface area contributed by atoms with Crippen molar-refractivity contribution < 1.29 is 111 Å². The number of carbonyl (C=O) groups is 5. The van der Waals surface area contributed by atoms with Gasteiger partial charge >= 0.3 is 5.97 Å². The van der Waals surface area contributed by atoms with Gasteiger partial charge in [-0.1, -0.05) is 25.8 Å². The highest BCUT2D eigenvalue weighted by atomic mass is 32.2. The Hall–Kier alpha value is -5.54. The third-order valence-corrected chi connectivity index (χ3v) is 18.7. The molecule has 0 spiro atoms. The van der Waals surface area contributed by atoms with Gasteiger partial charge in [-0.25, -0.2) is 0 Å². The number of hydrogen-bond donors (Lipinski definition) is 11. The number of fused-ring (bicyclic) bond motifs is 2. The van der Waals surface area contributed by atoms with Crippen molar-refractivity contribution in [1.82, 2.24) is 21.3 Å². The molecule has 0 saturated carbocycles. The molecule has 2 atom stereocenters. The van der Waals surface area contributed by atoms with Crippen molar-refractivity contribution in [1.29, 1.82) is 0 Å². The number of anilines is 1. The number of benzene rings is 2. The monoisotopic (exact) mass is 1290 g/mol. The number of nitrogens with one attached hydrogen (secondary N) is 4. The molecule has 0 saturated heterocycles. The molecule has 83 heavy (non-hydrogen) atoms. The van der Waals surface area contributed by atoms with Gasteiger partial charge in [-0.3, -0.25) is 51.3 Å². The number of aliphatic carboxylic acids is 1. The molecule has 2 aromatic rings. The summed E-state index contributed by atoms with van der Waals surface area (Å²) < 4.78 is 200. The Morgan fingerprint density at radius 2 is 0.952 bits per heavy atom. The van der Waals surface area contributed by atoms with Crippen molar-refractivity contribution in [2.75, 3.05) is 78.7 Å². The fourth-order valence-corrected chi connectivity index (χ4v) is 12.7. The molecule has 466 valence electrons. The summed E-state index contributed by atoms with van der Waals surface area (Å²) in [5.74, 6) is -10.4. The SMILES string of the molecule is CC1(C)C(/C=C/CC2(C)N(CCCS(=O)(=O)O)c3cc(C(=O)NCCS(=O)(=O)O)cc(C(=O)NCCS(=O)(=O)O)c3C2(C)CCCCCC(=O)O)=[N+](CCCS(=O)(=O)O)c2cc(C(=O)NCCS(=O)(=O)O)cc(C(=O)NCCS(=O)(=O)O)c21. The van der Waals surface area contributed by atoms with Crippen molar-refractivity contribution in [3.05, 3.63) is 69.8 Å². The zero-order valence-corrected chi connectivity index (χ0v) is 50.4. The smallest absolute Gasteiger partial charge is 0.303 e. The third-order valence-electron chi connectivity index (χ3n) is 14.2. The number of amides is 4. The van der Waals surface area contributed by atoms with Gasteiger partial charge in [0.2, 0.25) is 5.69 Å². The lowest BCUT2D eigenvalue weighted by Gasteiger charge is -2.47. The topological polar surface area (TPSA) is 486 Å². The van der Waals surface area contributed by atoms with E-state index in [4.69, 9.17) is 0 Å². The Morgan fingerprint density at radius 1 is 0.530 bits per heavy atom. The van der Waals surface area contributed by atoms with E-state index in [0.29, 0.717) is 6.42 Å². The van der Waals surface area contributed by atoms with Crippen LogP contribution < -0.4 is 26.2 Å². The molecule has 2 aliphatic rings. The van der Waals surface area contributed by atoms with Crippen LogP contribution in [0.3, 0.4) is 0 Å². The normalized spacial score (nSPS) is 18.2. The Labute approximate surface area is 481 Å². The van der Waals surface area contributed by atoms with Crippen LogP contribution in [0.1, 0.15) is 132 Å². The van der Waals surface area contributed by atoms with E-state index in [1.807, 2.05) is 0 Å². The average Bonchev–Trinajstić information content (AvgIpc) is 3.66. The molecular formula is C47H69N6O24S6+. The number of carbonyl (C=O) groups excluding carboxylic acids is 4. The molecule has 0 bridgehead atoms. The predicted octanol–water partition coefficient (Wildman–Crippen LogP) is 0.607. The van der Waals surface area contributed by atoms with Crippen LogP contribution in [0.5, 0.6) is 0 Å². The molecule has 0 aliphatic carbocycles. The number of rotatable bonds is 33. The van der Waals surface area contributed by atoms with Gasteiger partial charge in [0.15, 0.2) is 5.71 Å². The second-order valence-electron chi connectivity index (χ2n) is 20.8. The molecule has 0 fully saturated rings. The zero-order chi connectivity index (χ0) is 63.0. The summed E-state index contributed by atoms with van der Waals surface area (Å²) in [7, 11) is -27.7. The van der Waals surface area contributed by atoms with Crippen LogP contribution in [0.4, 0.5) is 11.4 Å². The highest BCUT2D eigenvalue weighted by Crippen LogP contribution is 2.58. The molecular weight excluding hydrogens is 1220 g/mol. The lowest BCUT2D eigenvalue weighted by Crippen LogP contribution is -2.55. The van der Waals surface area contributed by atoms with E-state index in [0.717, 1.165) is 12.1 Å². The Morgan fingerprint density at radius 3 is 1.40 bits per heavy atom. The average molecular weight is 1290 g/mol. The molecule has 2 aliphatic heterocycles. The maximum absolute atomic E-state index is 14.5. The molecule has 11 N–H and O–H groups in total. The van der Waals surface area contributed by atoms with E-state index in [2.05, 4.69) is 21.3 Å². The second kappa shape index (κ2) is 27.2. The number of carboxylic acid groups (broad SMARTS) is 1. The van der Waals surface area contributed by atoms with Gasteiger partial charge < -0.3 is 31.3 Å². The summed E-state index contributed by atoms with van der Waals surface area (Å²) in [4.78, 5) is 69.4. The van der Waals surface area contributed by atoms with Crippen LogP contribution in [0.25, 0.3) is 0 Å². The molecule has 2 aromatic carbocycles. The van der Waals surface area contributed by atoms with Gasteiger partial charge in [-0.15, -0.1) is 0 Å². The van der Waals surface area contributed by atoms with E-state index in [-0.39, 0.29) is 109 Å². The quantitative estimate of drug-likeness (QED) is 0.0265. The van der Waals surface area contributed by atoms with Crippen LogP contribution >= 0.6 is 0 Å². The first-order valence-corrected chi connectivity index (χ1v) is 35.1. The van der Waals surface area contributed by atoms with Gasteiger partial charge in [-0.05, 0) is 70.2 Å². The van der Waals surface area contributed by atoms with Crippen molar-refractivity contribution in [2.24, 2.45) is 0 Å². The Balaban J connectivity index is 2.08. The largest absolute Gasteiger partial charge is 0.481 e. The summed E-state index contributed by atoms with van der Waals surface area (Å²) in [6.45, 7) is 3.61. The third kappa shape index (κ3) is 20.0. The van der Waals surface area contributed by atoms with E-state index < -0.39 is 167 Å². The number of allylic oxidation sites excluding steroid dienone is 1. The summed E-state index contributed by atoms with van der Waals surface area (Å²) in [5.41, 5.74) is -4.44. The number of carboxylic acids is 1. The Bertz CT molecular complexity index is 3630. The number of hydrogen-bond acceptors (Lipinski definition) is 18. The predicted molar refractivity (Wildman–Crippen MR) is 300 cm³/mol. The minimum absolute atomic E-state index is 0.0805. The minimum Gasteiger partial charge on any atom is -0.481 e. The number of nitrogens with zero attached hydrogens (tertiary/aromatic N) is 2. The summed E-state index contributed by atoms with van der Waals surface area (Å²) in [6.07, 6.45) is 3.04. The Kier molecular flexibility index (Phi) is 22.9. The van der Waals surface area contributed by atoms with Crippen LogP contribution in [0.2, 0.25) is 0 Å². The van der Waals surface area contributed by atoms with Gasteiger partial charge in [0, 0.05) is 85.5 Å². The second-order valence-corrected chi connectivity index (χ2v) is 30.2. The molecule has 30 nitrogen and oxygen atoms in total. The summed E-state index contributed by atoms with van der Waals surface area (Å²) in [6, 6.07) is 4.84. The van der Waals surface area contributed by atoms with E-state index >= 15 is 0 Å². The molecule has 36 heteroatoms. The van der Waals surface area contributed by atoms with Crippen molar-refractivity contribution in [3.8, 4) is 0 Å². The van der Waals surface area contributed by atoms with Gasteiger partial charge in [0.1, 0.15) is 6.54 Å². The first-order valence-electron chi connectivity index (χ1n) is 25.4. The highest BCUT2D eigenvalue weighted by Gasteiger charge is 2.57. The fourth-order valence-electron chi connectivity index (χ4n) is 10.3. The maximum Gasteiger partial charge on any atom is 0.303 e. The van der Waals surface area contributed by atoms with Gasteiger partial charge in [0.25, 0.3) is 84.3 Å². The first-order chi connectivity index (χ1) is 37.9. The highest BCUT2D eigenvalue weighted by molar-refractivity contribution is 7.87. The van der Waals surface area contributed by atoms with Crippen molar-refractivity contribution in [2.45, 2.75) is 95.4 Å². The molecule has 0 radical (unpaired) electrons. The van der Waals surface area contributed by atoms with Crippen LogP contribution in [0.15, 0.2) is 36.4 Å². The summed E-state index contributed by atoms with van der Waals surface area (Å²) >= 11 is 0. The standard InChI is InChI=1S/C47H68N6O24S6/c1-45(2)37(52(19-9-21-78(60,61)62)35-29-31(41(56)48-15-23-80(66,67)68)27-33(39(35)45)43(58)50-17-25-82(72,73)74)11-8-14-47(4)46(3,13-7-5-6-12-38(54)55)40-34(44(59)51-18-26-83(75,76)77)28-32(42(57)49-16-24-81(69,70)71)30-36(40)53(47)20-10-22-79(63,64)65/h8,11,27-30H,5-7,9-10,12-26H2,1-4H3,(H10-,48,49,50,51,54,55,56,57,58,59,60,61,62,63,64,65,66,67,68,69,70,71,72,73,74,75,76,77)/p+1/b11-8+. The fraction of sp³-hybridized carbons (Fsp3) is 0.574. The van der Waals surface area contributed by atoms with Gasteiger partial charge in [0.05, 0.1) is 56.6 Å². The molecule has 4 amide bonds. The molecule has 0 aromatic heterocycles. The van der Waals surface area contributed by atoms with E-state index in [1.54, 1.807) is 44.7 Å². The molecule has 2 heterocycles. The lowest BCUT2D eigenvalue weighted by atomic mass is 9.64. The van der Waals surface area contributed by atoms with Crippen LogP contribution in [-0.4, -0.2) is 202 Å². The van der Waals surface area contributed by atoms with Crippen molar-refractivity contribution in [3.63, 3.8) is 0 Å². The first kappa shape index (κ1) is 69.9. The van der Waals surface area contributed by atoms with E-state index in [9.17, 15) is 107 Å². The van der Waals surface area contributed by atoms with E-state index in [1.165, 1.54) is 16.7 Å². The maximum atomic E-state index is 14.5.